The summed E-state index contributed by atoms with van der Waals surface area (Å²) in [5.74, 6) is -2.23. The Bertz CT molecular complexity index is 246. The van der Waals surface area contributed by atoms with Crippen molar-refractivity contribution in [2.75, 3.05) is 13.1 Å². The second-order valence-corrected chi connectivity index (χ2v) is 2.36. The highest BCUT2D eigenvalue weighted by molar-refractivity contribution is 6.08. The Morgan fingerprint density at radius 2 is 1.64 bits per heavy atom. The number of esters is 1. The van der Waals surface area contributed by atoms with E-state index in [1.165, 1.54) is 0 Å². The monoisotopic (exact) mass is 200 g/mol. The second-order valence-electron chi connectivity index (χ2n) is 2.36. The third kappa shape index (κ3) is 3.46. The van der Waals surface area contributed by atoms with Gasteiger partial charge in [-0.25, -0.2) is 4.79 Å². The fraction of sp³-hybridized carbons (Fsp3) is 0.375. The highest BCUT2D eigenvalue weighted by atomic mass is 16.5. The number of hydrogen-bond donors (Lipinski definition) is 2. The van der Waals surface area contributed by atoms with Gasteiger partial charge in [-0.3, -0.25) is 9.59 Å². The molecule has 0 saturated heterocycles. The Hall–Kier alpha value is -1.53. The Morgan fingerprint density at radius 3 is 1.93 bits per heavy atom. The van der Waals surface area contributed by atoms with Gasteiger partial charge in [0.25, 0.3) is 0 Å². The quantitative estimate of drug-likeness (QED) is 0.295. The minimum Gasteiger partial charge on any atom is -0.443 e. The van der Waals surface area contributed by atoms with Gasteiger partial charge in [-0.2, -0.15) is 0 Å². The van der Waals surface area contributed by atoms with Crippen molar-refractivity contribution in [3.8, 4) is 0 Å². The Balaban J connectivity index is 4.55. The lowest BCUT2D eigenvalue weighted by atomic mass is 10.1. The molecule has 0 aliphatic heterocycles. The maximum Gasteiger partial charge on any atom is 0.331 e. The van der Waals surface area contributed by atoms with Crippen LogP contribution in [-0.2, 0) is 19.1 Å². The van der Waals surface area contributed by atoms with Crippen LogP contribution in [0.1, 0.15) is 0 Å². The first kappa shape index (κ1) is 12.5. The molecule has 0 aromatic carbocycles. The number of ether oxygens (including phenoxy) is 1. The van der Waals surface area contributed by atoms with E-state index >= 15 is 0 Å². The Labute approximate surface area is 80.9 Å². The minimum atomic E-state index is -1.50. The third-order valence-electron chi connectivity index (χ3n) is 1.39. The average Bonchev–Trinajstić information content (AvgIpc) is 2.23. The van der Waals surface area contributed by atoms with Crippen LogP contribution in [0.3, 0.4) is 0 Å². The lowest BCUT2D eigenvalue weighted by Gasteiger charge is -2.12. The zero-order valence-corrected chi connectivity index (χ0v) is 7.56. The molecule has 78 valence electrons. The van der Waals surface area contributed by atoms with Crippen LogP contribution in [0.25, 0.3) is 0 Å². The predicted molar refractivity (Wildman–Crippen MR) is 48.2 cm³/mol. The van der Waals surface area contributed by atoms with Crippen molar-refractivity contribution in [3.05, 3.63) is 12.7 Å². The van der Waals surface area contributed by atoms with Gasteiger partial charge >= 0.3 is 5.97 Å². The molecule has 0 saturated carbocycles. The van der Waals surface area contributed by atoms with Gasteiger partial charge in [0.15, 0.2) is 11.6 Å². The molecule has 4 N–H and O–H groups in total. The van der Waals surface area contributed by atoms with Gasteiger partial charge in [0, 0.05) is 6.08 Å². The van der Waals surface area contributed by atoms with E-state index in [0.29, 0.717) is 0 Å². The molecule has 0 atom stereocenters. The zero-order valence-electron chi connectivity index (χ0n) is 7.56. The zero-order chi connectivity index (χ0) is 11.1. The van der Waals surface area contributed by atoms with Crippen LogP contribution in [0.15, 0.2) is 12.7 Å². The highest BCUT2D eigenvalue weighted by Crippen LogP contribution is 1.96. The largest absolute Gasteiger partial charge is 0.443 e. The summed E-state index contributed by atoms with van der Waals surface area (Å²) in [5.41, 5.74) is 10.0. The van der Waals surface area contributed by atoms with Crippen LogP contribution in [0.4, 0.5) is 0 Å². The van der Waals surface area contributed by atoms with Crippen molar-refractivity contribution >= 4 is 17.5 Å². The molecule has 0 rings (SSSR count). The molecule has 0 fully saturated rings. The molecule has 0 heterocycles. The number of hydrogen-bond acceptors (Lipinski definition) is 6. The van der Waals surface area contributed by atoms with E-state index in [-0.39, 0.29) is 13.1 Å². The second kappa shape index (κ2) is 6.01. The van der Waals surface area contributed by atoms with Gasteiger partial charge < -0.3 is 16.2 Å². The van der Waals surface area contributed by atoms with Crippen LogP contribution in [0.5, 0.6) is 0 Å². The predicted octanol–water partition coefficient (Wildman–Crippen LogP) is -1.86. The van der Waals surface area contributed by atoms with Crippen molar-refractivity contribution in [2.45, 2.75) is 6.10 Å². The number of carbonyl (C=O) groups is 3. The van der Waals surface area contributed by atoms with Crippen LogP contribution >= 0.6 is 0 Å². The maximum atomic E-state index is 11.1. The first-order valence-corrected chi connectivity index (χ1v) is 3.85. The molecule has 0 radical (unpaired) electrons. The summed E-state index contributed by atoms with van der Waals surface area (Å²) in [6, 6.07) is 0. The molecule has 14 heavy (non-hydrogen) atoms. The molecule has 6 nitrogen and oxygen atoms in total. The summed E-state index contributed by atoms with van der Waals surface area (Å²) in [5, 5.41) is 0. The van der Waals surface area contributed by atoms with E-state index < -0.39 is 23.6 Å². The number of rotatable bonds is 6. The van der Waals surface area contributed by atoms with Crippen LogP contribution in [0, 0.1) is 0 Å². The summed E-state index contributed by atoms with van der Waals surface area (Å²) >= 11 is 0. The highest BCUT2D eigenvalue weighted by Gasteiger charge is 2.27. The number of carbonyl (C=O) groups excluding carboxylic acids is 3. The van der Waals surface area contributed by atoms with Crippen molar-refractivity contribution in [1.82, 2.24) is 0 Å². The molecule has 0 spiro atoms. The van der Waals surface area contributed by atoms with Crippen LogP contribution in [-0.4, -0.2) is 36.7 Å². The molecule has 6 heteroatoms. The van der Waals surface area contributed by atoms with E-state index in [1.807, 2.05) is 0 Å². The summed E-state index contributed by atoms with van der Waals surface area (Å²) in [7, 11) is 0. The molecule has 0 aromatic heterocycles. The fourth-order valence-corrected chi connectivity index (χ4v) is 0.689. The van der Waals surface area contributed by atoms with Gasteiger partial charge in [-0.05, 0) is 0 Å². The Morgan fingerprint density at radius 1 is 1.21 bits per heavy atom. The summed E-state index contributed by atoms with van der Waals surface area (Å²) in [6.07, 6.45) is -0.656. The molecule has 0 unspecified atom stereocenters. The SMILES string of the molecule is C=CC(=O)OC(C(=O)CN)C(=O)CN. The van der Waals surface area contributed by atoms with Gasteiger partial charge in [-0.1, -0.05) is 6.58 Å². The molecular weight excluding hydrogens is 188 g/mol. The van der Waals surface area contributed by atoms with Crippen LogP contribution < -0.4 is 11.5 Å². The van der Waals surface area contributed by atoms with Crippen LogP contribution in [0.2, 0.25) is 0 Å². The van der Waals surface area contributed by atoms with E-state index in [2.05, 4.69) is 11.3 Å². The fourth-order valence-electron chi connectivity index (χ4n) is 0.689. The molecule has 0 aliphatic carbocycles. The van der Waals surface area contributed by atoms with E-state index in [0.717, 1.165) is 6.08 Å². The van der Waals surface area contributed by atoms with Crippen molar-refractivity contribution < 1.29 is 19.1 Å². The van der Waals surface area contributed by atoms with Gasteiger partial charge in [-0.15, -0.1) is 0 Å². The molecule has 0 bridgehead atoms. The standard InChI is InChI=1S/C8H12N2O4/c1-2-7(13)14-8(5(11)3-9)6(12)4-10/h2,8H,1,3-4,9-10H2. The summed E-state index contributed by atoms with van der Waals surface area (Å²) < 4.78 is 4.49. The van der Waals surface area contributed by atoms with E-state index in [1.54, 1.807) is 0 Å². The normalized spacial score (nSPS) is 9.64. The van der Waals surface area contributed by atoms with E-state index in [9.17, 15) is 14.4 Å². The molecule has 0 aromatic rings. The van der Waals surface area contributed by atoms with Gasteiger partial charge in [0.2, 0.25) is 6.10 Å². The molecule has 0 amide bonds. The topological polar surface area (TPSA) is 112 Å². The summed E-state index contributed by atoms with van der Waals surface area (Å²) in [6.45, 7) is 2.35. The molecule has 0 aliphatic rings. The maximum absolute atomic E-state index is 11.1. The Kier molecular flexibility index (Phi) is 5.35. The average molecular weight is 200 g/mol. The first-order chi connectivity index (χ1) is 6.56. The number of Topliss-reactive ketones (excluding diaryl/α,β-unsaturated/α-hetero) is 2. The van der Waals surface area contributed by atoms with Crippen molar-refractivity contribution in [2.24, 2.45) is 11.5 Å². The minimum absolute atomic E-state index is 0.388. The van der Waals surface area contributed by atoms with Gasteiger partial charge in [0.1, 0.15) is 0 Å². The summed E-state index contributed by atoms with van der Waals surface area (Å²) in [4.78, 5) is 32.8. The lowest BCUT2D eigenvalue weighted by Crippen LogP contribution is -2.41. The number of ketones is 2. The smallest absolute Gasteiger partial charge is 0.331 e. The number of nitrogens with two attached hydrogens (primary N) is 2. The van der Waals surface area contributed by atoms with Crippen molar-refractivity contribution in [3.63, 3.8) is 0 Å². The van der Waals surface area contributed by atoms with Crippen molar-refractivity contribution in [1.29, 1.82) is 0 Å². The van der Waals surface area contributed by atoms with E-state index in [4.69, 9.17) is 11.5 Å². The molecular formula is C8H12N2O4. The lowest BCUT2D eigenvalue weighted by molar-refractivity contribution is -0.155. The van der Waals surface area contributed by atoms with Gasteiger partial charge in [0.05, 0.1) is 13.1 Å². The first-order valence-electron chi connectivity index (χ1n) is 3.85. The third-order valence-corrected chi connectivity index (χ3v) is 1.39.